The molecule has 1 atom stereocenters. The minimum atomic E-state index is 0.309. The van der Waals surface area contributed by atoms with E-state index in [0.717, 1.165) is 25.1 Å². The van der Waals surface area contributed by atoms with E-state index in [0.29, 0.717) is 6.04 Å². The van der Waals surface area contributed by atoms with Gasteiger partial charge in [0.2, 0.25) is 0 Å². The van der Waals surface area contributed by atoms with Gasteiger partial charge < -0.3 is 9.88 Å². The van der Waals surface area contributed by atoms with Crippen molar-refractivity contribution < 1.29 is 0 Å². The first-order valence-electron chi connectivity index (χ1n) is 4.87. The van der Waals surface area contributed by atoms with E-state index in [1.165, 1.54) is 0 Å². The van der Waals surface area contributed by atoms with E-state index in [1.54, 1.807) is 0 Å². The second-order valence-electron chi connectivity index (χ2n) is 3.33. The van der Waals surface area contributed by atoms with Crippen molar-refractivity contribution in [3.63, 3.8) is 0 Å². The summed E-state index contributed by atoms with van der Waals surface area (Å²) in [5.74, 6) is 3.73. The molecule has 0 aliphatic carbocycles. The van der Waals surface area contributed by atoms with E-state index in [2.05, 4.69) is 16.2 Å². The van der Waals surface area contributed by atoms with Crippen LogP contribution in [0.1, 0.15) is 31.1 Å². The van der Waals surface area contributed by atoms with Crippen molar-refractivity contribution in [2.75, 3.05) is 7.05 Å². The van der Waals surface area contributed by atoms with E-state index >= 15 is 0 Å². The van der Waals surface area contributed by atoms with Gasteiger partial charge in [0.15, 0.2) is 0 Å². The van der Waals surface area contributed by atoms with Crippen LogP contribution in [0.3, 0.4) is 0 Å². The van der Waals surface area contributed by atoms with E-state index in [9.17, 15) is 0 Å². The van der Waals surface area contributed by atoms with E-state index in [-0.39, 0.29) is 0 Å². The first kappa shape index (κ1) is 10.8. The van der Waals surface area contributed by atoms with Gasteiger partial charge in [0.1, 0.15) is 5.82 Å². The number of nitrogens with one attached hydrogen (secondary N) is 1. The number of aromatic nitrogens is 2. The van der Waals surface area contributed by atoms with Crippen LogP contribution in [-0.2, 0) is 7.05 Å². The normalized spacial score (nSPS) is 12.4. The second kappa shape index (κ2) is 5.46. The topological polar surface area (TPSA) is 29.9 Å². The summed E-state index contributed by atoms with van der Waals surface area (Å²) < 4.78 is 2.04. The van der Waals surface area contributed by atoms with Gasteiger partial charge in [0, 0.05) is 25.9 Å². The lowest BCUT2D eigenvalue weighted by Crippen LogP contribution is -2.19. The molecule has 0 radical (unpaired) electrons. The predicted molar refractivity (Wildman–Crippen MR) is 57.7 cm³/mol. The van der Waals surface area contributed by atoms with Gasteiger partial charge in [-0.05, 0) is 19.9 Å². The molecular formula is C11H17N3. The zero-order valence-corrected chi connectivity index (χ0v) is 8.83. The largest absolute Gasteiger partial charge is 0.337 e. The maximum absolute atomic E-state index is 5.21. The summed E-state index contributed by atoms with van der Waals surface area (Å²) >= 11 is 0. The maximum Gasteiger partial charge on any atom is 0.125 e. The third-order valence-electron chi connectivity index (χ3n) is 2.33. The lowest BCUT2D eigenvalue weighted by molar-refractivity contribution is 0.492. The molecule has 1 heterocycles. The number of aryl methyl sites for hydroxylation is 1. The fourth-order valence-corrected chi connectivity index (χ4v) is 1.52. The predicted octanol–water partition coefficient (Wildman–Crippen LogP) is 1.48. The van der Waals surface area contributed by atoms with Gasteiger partial charge in [-0.3, -0.25) is 0 Å². The summed E-state index contributed by atoms with van der Waals surface area (Å²) in [4.78, 5) is 4.31. The Morgan fingerprint density at radius 3 is 3.00 bits per heavy atom. The molecular weight excluding hydrogens is 174 g/mol. The molecule has 0 spiro atoms. The zero-order valence-electron chi connectivity index (χ0n) is 8.83. The van der Waals surface area contributed by atoms with Crippen molar-refractivity contribution in [3.8, 4) is 12.3 Å². The van der Waals surface area contributed by atoms with Crippen LogP contribution in [0.4, 0.5) is 0 Å². The number of hydrogen-bond donors (Lipinski definition) is 1. The Labute approximate surface area is 85.5 Å². The third kappa shape index (κ3) is 2.61. The first-order valence-corrected chi connectivity index (χ1v) is 4.87. The average molecular weight is 191 g/mol. The minimum absolute atomic E-state index is 0.309. The lowest BCUT2D eigenvalue weighted by Gasteiger charge is -2.14. The van der Waals surface area contributed by atoms with Crippen LogP contribution in [0.5, 0.6) is 0 Å². The van der Waals surface area contributed by atoms with E-state index in [4.69, 9.17) is 6.42 Å². The molecule has 0 aliphatic rings. The van der Waals surface area contributed by atoms with E-state index in [1.807, 2.05) is 31.1 Å². The summed E-state index contributed by atoms with van der Waals surface area (Å²) in [7, 11) is 3.96. The third-order valence-corrected chi connectivity index (χ3v) is 2.33. The zero-order chi connectivity index (χ0) is 10.4. The average Bonchev–Trinajstić information content (AvgIpc) is 2.60. The van der Waals surface area contributed by atoms with E-state index < -0.39 is 0 Å². The molecule has 0 bridgehead atoms. The molecule has 0 amide bonds. The highest BCUT2D eigenvalue weighted by Gasteiger charge is 2.12. The van der Waals surface area contributed by atoms with Gasteiger partial charge >= 0.3 is 0 Å². The molecule has 0 aromatic carbocycles. The van der Waals surface area contributed by atoms with Crippen LogP contribution >= 0.6 is 0 Å². The van der Waals surface area contributed by atoms with Crippen LogP contribution in [0, 0.1) is 12.3 Å². The van der Waals surface area contributed by atoms with Crippen molar-refractivity contribution in [2.45, 2.75) is 25.3 Å². The molecule has 3 heteroatoms. The van der Waals surface area contributed by atoms with Crippen LogP contribution in [-0.4, -0.2) is 16.6 Å². The molecule has 1 aromatic rings. The highest BCUT2D eigenvalue weighted by Crippen LogP contribution is 2.16. The molecule has 1 N–H and O–H groups in total. The van der Waals surface area contributed by atoms with Crippen molar-refractivity contribution >= 4 is 0 Å². The fraction of sp³-hybridized carbons (Fsp3) is 0.545. The molecule has 14 heavy (non-hydrogen) atoms. The quantitative estimate of drug-likeness (QED) is 0.564. The van der Waals surface area contributed by atoms with Crippen molar-refractivity contribution in [3.05, 3.63) is 18.2 Å². The Hall–Kier alpha value is -1.27. The molecule has 0 aliphatic heterocycles. The lowest BCUT2D eigenvalue weighted by atomic mass is 10.1. The number of imidazole rings is 1. The molecule has 1 unspecified atom stereocenters. The fourth-order valence-electron chi connectivity index (χ4n) is 1.52. The summed E-state index contributed by atoms with van der Waals surface area (Å²) in [6.45, 7) is 0. The number of nitrogens with zero attached hydrogens (tertiary/aromatic N) is 2. The summed E-state index contributed by atoms with van der Waals surface area (Å²) in [6.07, 6.45) is 11.9. The summed E-state index contributed by atoms with van der Waals surface area (Å²) in [5, 5.41) is 3.25. The first-order chi connectivity index (χ1) is 6.79. The smallest absolute Gasteiger partial charge is 0.125 e. The van der Waals surface area contributed by atoms with Gasteiger partial charge in [-0.15, -0.1) is 12.3 Å². The Morgan fingerprint density at radius 1 is 1.71 bits per heavy atom. The van der Waals surface area contributed by atoms with Crippen LogP contribution in [0.25, 0.3) is 0 Å². The molecule has 3 nitrogen and oxygen atoms in total. The highest BCUT2D eigenvalue weighted by molar-refractivity contribution is 4.98. The monoisotopic (exact) mass is 191 g/mol. The Balaban J connectivity index is 2.55. The standard InChI is InChI=1S/C11H17N3/c1-4-5-6-7-10(12-2)11-13-8-9-14(11)3/h1,8-10,12H,5-7H2,2-3H3. The second-order valence-corrected chi connectivity index (χ2v) is 3.33. The molecule has 0 saturated heterocycles. The Kier molecular flexibility index (Phi) is 4.21. The minimum Gasteiger partial charge on any atom is -0.337 e. The van der Waals surface area contributed by atoms with Crippen molar-refractivity contribution in [2.24, 2.45) is 7.05 Å². The van der Waals surface area contributed by atoms with Gasteiger partial charge in [-0.1, -0.05) is 0 Å². The van der Waals surface area contributed by atoms with Crippen LogP contribution in [0.15, 0.2) is 12.4 Å². The van der Waals surface area contributed by atoms with Crippen molar-refractivity contribution in [1.82, 2.24) is 14.9 Å². The van der Waals surface area contributed by atoms with Gasteiger partial charge in [0.05, 0.1) is 6.04 Å². The van der Waals surface area contributed by atoms with Crippen LogP contribution in [0.2, 0.25) is 0 Å². The SMILES string of the molecule is C#CCCCC(NC)c1nccn1C. The van der Waals surface area contributed by atoms with Crippen LogP contribution < -0.4 is 5.32 Å². The van der Waals surface area contributed by atoms with Gasteiger partial charge in [-0.2, -0.15) is 0 Å². The summed E-state index contributed by atoms with van der Waals surface area (Å²) in [5.41, 5.74) is 0. The maximum atomic E-state index is 5.21. The number of unbranched alkanes of at least 4 members (excludes halogenated alkanes) is 1. The number of hydrogen-bond acceptors (Lipinski definition) is 2. The number of rotatable bonds is 5. The molecule has 0 fully saturated rings. The van der Waals surface area contributed by atoms with Crippen molar-refractivity contribution in [1.29, 1.82) is 0 Å². The molecule has 1 aromatic heterocycles. The molecule has 0 saturated carbocycles. The molecule has 76 valence electrons. The summed E-state index contributed by atoms with van der Waals surface area (Å²) in [6, 6.07) is 0.309. The van der Waals surface area contributed by atoms with Gasteiger partial charge in [0.25, 0.3) is 0 Å². The Morgan fingerprint density at radius 2 is 2.50 bits per heavy atom. The highest BCUT2D eigenvalue weighted by atomic mass is 15.1. The molecule has 1 rings (SSSR count). The van der Waals surface area contributed by atoms with Gasteiger partial charge in [-0.25, -0.2) is 4.98 Å². The Bertz CT molecular complexity index is 309. The number of terminal acetylenes is 1.